The van der Waals surface area contributed by atoms with Gasteiger partial charge in [-0.3, -0.25) is 20.2 Å². The second-order valence-corrected chi connectivity index (χ2v) is 7.23. The molecule has 0 unspecified atom stereocenters. The first-order chi connectivity index (χ1) is 11.3. The predicted molar refractivity (Wildman–Crippen MR) is 84.6 cm³/mol. The van der Waals surface area contributed by atoms with E-state index in [4.69, 9.17) is 0 Å². The minimum atomic E-state index is -3.47. The Labute approximate surface area is 136 Å². The fourth-order valence-corrected chi connectivity index (χ4v) is 4.40. The van der Waals surface area contributed by atoms with Gasteiger partial charge in [0.1, 0.15) is 5.69 Å². The van der Waals surface area contributed by atoms with E-state index in [0.29, 0.717) is 5.56 Å². The van der Waals surface area contributed by atoms with E-state index in [9.17, 15) is 28.6 Å². The molecule has 0 aliphatic carbocycles. The van der Waals surface area contributed by atoms with Gasteiger partial charge in [0.25, 0.3) is 11.4 Å². The highest BCUT2D eigenvalue weighted by molar-refractivity contribution is 7.91. The first-order valence-electron chi connectivity index (χ1n) is 6.80. The Morgan fingerprint density at radius 1 is 1.04 bits per heavy atom. The van der Waals surface area contributed by atoms with E-state index in [0.717, 1.165) is 12.1 Å². The van der Waals surface area contributed by atoms with Crippen LogP contribution in [0.15, 0.2) is 47.4 Å². The van der Waals surface area contributed by atoms with E-state index in [-0.39, 0.29) is 16.3 Å². The number of nitro groups is 2. The third-order valence-electron chi connectivity index (χ3n) is 3.73. The Balaban J connectivity index is 2.01. The van der Waals surface area contributed by atoms with Crippen molar-refractivity contribution in [3.05, 3.63) is 68.3 Å². The molecule has 0 bridgehead atoms. The minimum Gasteiger partial charge on any atom is -0.372 e. The molecule has 1 heterocycles. The molecule has 1 aliphatic rings. The van der Waals surface area contributed by atoms with Crippen LogP contribution in [-0.4, -0.2) is 24.0 Å². The van der Waals surface area contributed by atoms with Crippen LogP contribution in [-0.2, 0) is 9.84 Å². The SMILES string of the molecule is O=[N+]([O-])c1ccc(N[C@@H]2CS(=O)(=O)c3ccccc32)c([N+](=O)[O-])c1. The lowest BCUT2D eigenvalue weighted by Gasteiger charge is -2.14. The first-order valence-corrected chi connectivity index (χ1v) is 8.46. The number of rotatable bonds is 4. The lowest BCUT2D eigenvalue weighted by atomic mass is 10.1. The second-order valence-electron chi connectivity index (χ2n) is 5.23. The highest BCUT2D eigenvalue weighted by Gasteiger charge is 2.35. The zero-order chi connectivity index (χ0) is 17.5. The number of nitro benzene ring substituents is 2. The van der Waals surface area contributed by atoms with Gasteiger partial charge in [-0.2, -0.15) is 0 Å². The van der Waals surface area contributed by atoms with Crippen molar-refractivity contribution < 1.29 is 18.3 Å². The summed E-state index contributed by atoms with van der Waals surface area (Å²) in [5.41, 5.74) is -0.342. The van der Waals surface area contributed by atoms with E-state index >= 15 is 0 Å². The maximum atomic E-state index is 12.2. The van der Waals surface area contributed by atoms with Gasteiger partial charge in [0.15, 0.2) is 9.84 Å². The summed E-state index contributed by atoms with van der Waals surface area (Å²) in [4.78, 5) is 20.6. The summed E-state index contributed by atoms with van der Waals surface area (Å²) >= 11 is 0. The third kappa shape index (κ3) is 2.67. The van der Waals surface area contributed by atoms with Crippen LogP contribution in [0.2, 0.25) is 0 Å². The average Bonchev–Trinajstić information content (AvgIpc) is 2.78. The molecule has 9 nitrogen and oxygen atoms in total. The molecule has 0 saturated heterocycles. The van der Waals surface area contributed by atoms with E-state index in [1.807, 2.05) is 0 Å². The maximum Gasteiger partial charge on any atom is 0.299 e. The molecule has 0 saturated carbocycles. The number of fused-ring (bicyclic) bond motifs is 1. The number of nitrogens with zero attached hydrogens (tertiary/aromatic N) is 2. The minimum absolute atomic E-state index is 0.0301. The van der Waals surface area contributed by atoms with Crippen LogP contribution < -0.4 is 5.32 Å². The average molecular weight is 349 g/mol. The molecule has 1 aliphatic heterocycles. The number of hydrogen-bond acceptors (Lipinski definition) is 7. The monoisotopic (exact) mass is 349 g/mol. The number of nitrogens with one attached hydrogen (secondary N) is 1. The van der Waals surface area contributed by atoms with Gasteiger partial charge in [-0.25, -0.2) is 8.42 Å². The Morgan fingerprint density at radius 2 is 1.75 bits per heavy atom. The van der Waals surface area contributed by atoms with Crippen LogP contribution in [0.5, 0.6) is 0 Å². The van der Waals surface area contributed by atoms with Crippen molar-refractivity contribution in [2.75, 3.05) is 11.1 Å². The van der Waals surface area contributed by atoms with Gasteiger partial charge < -0.3 is 5.32 Å². The van der Waals surface area contributed by atoms with Crippen molar-refractivity contribution in [2.24, 2.45) is 0 Å². The lowest BCUT2D eigenvalue weighted by molar-refractivity contribution is -0.393. The van der Waals surface area contributed by atoms with Crippen LogP contribution in [0.1, 0.15) is 11.6 Å². The molecule has 3 rings (SSSR count). The topological polar surface area (TPSA) is 132 Å². The van der Waals surface area contributed by atoms with Crippen molar-refractivity contribution in [1.29, 1.82) is 0 Å². The van der Waals surface area contributed by atoms with Crippen molar-refractivity contribution in [3.8, 4) is 0 Å². The zero-order valence-electron chi connectivity index (χ0n) is 12.1. The molecule has 0 fully saturated rings. The van der Waals surface area contributed by atoms with Gasteiger partial charge in [0.05, 0.1) is 32.6 Å². The third-order valence-corrected chi connectivity index (χ3v) is 5.55. The van der Waals surface area contributed by atoms with E-state index in [2.05, 4.69) is 5.32 Å². The van der Waals surface area contributed by atoms with E-state index in [1.165, 1.54) is 12.1 Å². The van der Waals surface area contributed by atoms with Crippen LogP contribution in [0.3, 0.4) is 0 Å². The summed E-state index contributed by atoms with van der Waals surface area (Å²) < 4.78 is 24.3. The van der Waals surface area contributed by atoms with Crippen LogP contribution in [0.25, 0.3) is 0 Å². The summed E-state index contributed by atoms with van der Waals surface area (Å²) in [6.45, 7) is 0. The van der Waals surface area contributed by atoms with Gasteiger partial charge in [0, 0.05) is 6.07 Å². The van der Waals surface area contributed by atoms with Crippen molar-refractivity contribution in [1.82, 2.24) is 0 Å². The van der Waals surface area contributed by atoms with Crippen molar-refractivity contribution in [3.63, 3.8) is 0 Å². The second kappa shape index (κ2) is 5.57. The largest absolute Gasteiger partial charge is 0.372 e. The number of non-ortho nitro benzene ring substituents is 1. The molecular formula is C14H11N3O6S. The Hall–Kier alpha value is -3.01. The molecule has 124 valence electrons. The van der Waals surface area contributed by atoms with Gasteiger partial charge in [-0.15, -0.1) is 0 Å². The molecule has 0 spiro atoms. The molecule has 2 aromatic carbocycles. The smallest absolute Gasteiger partial charge is 0.299 e. The van der Waals surface area contributed by atoms with E-state index < -0.39 is 37.1 Å². The van der Waals surface area contributed by atoms with Crippen LogP contribution in [0, 0.1) is 20.2 Å². The van der Waals surface area contributed by atoms with Crippen molar-refractivity contribution in [2.45, 2.75) is 10.9 Å². The van der Waals surface area contributed by atoms with Crippen LogP contribution >= 0.6 is 0 Å². The fourth-order valence-electron chi connectivity index (χ4n) is 2.66. The van der Waals surface area contributed by atoms with Crippen molar-refractivity contribution >= 4 is 26.9 Å². The number of sulfone groups is 1. The molecule has 1 atom stereocenters. The molecule has 10 heteroatoms. The fraction of sp³-hybridized carbons (Fsp3) is 0.143. The zero-order valence-corrected chi connectivity index (χ0v) is 12.9. The Bertz CT molecular complexity index is 957. The van der Waals surface area contributed by atoms with Gasteiger partial charge >= 0.3 is 0 Å². The number of hydrogen-bond donors (Lipinski definition) is 1. The Kier molecular flexibility index (Phi) is 3.68. The molecule has 24 heavy (non-hydrogen) atoms. The maximum absolute atomic E-state index is 12.2. The molecule has 0 aromatic heterocycles. The lowest BCUT2D eigenvalue weighted by Crippen LogP contribution is -2.14. The molecule has 1 N–H and O–H groups in total. The summed E-state index contributed by atoms with van der Waals surface area (Å²) in [6.07, 6.45) is 0. The summed E-state index contributed by atoms with van der Waals surface area (Å²) in [6, 6.07) is 8.93. The highest BCUT2D eigenvalue weighted by atomic mass is 32.2. The van der Waals surface area contributed by atoms with E-state index in [1.54, 1.807) is 18.2 Å². The van der Waals surface area contributed by atoms with Gasteiger partial charge in [-0.05, 0) is 17.7 Å². The Morgan fingerprint density at radius 3 is 2.42 bits per heavy atom. The van der Waals surface area contributed by atoms with Gasteiger partial charge in [-0.1, -0.05) is 18.2 Å². The standard InChI is InChI=1S/C14H11N3O6S/c18-16(19)9-5-6-11(13(7-9)17(20)21)15-12-8-24(22,23)14-4-2-1-3-10(12)14/h1-7,12,15H,8H2/t12-/m1/s1. The summed E-state index contributed by atoms with van der Waals surface area (Å²) in [5, 5.41) is 24.8. The molecular weight excluding hydrogens is 338 g/mol. The predicted octanol–water partition coefficient (Wildman–Crippen LogP) is 2.44. The normalized spacial score (nSPS) is 17.9. The number of anilines is 1. The molecule has 0 amide bonds. The summed E-state index contributed by atoms with van der Waals surface area (Å²) in [5.74, 6) is -0.236. The molecule has 2 aromatic rings. The highest BCUT2D eigenvalue weighted by Crippen LogP contribution is 2.38. The van der Waals surface area contributed by atoms with Crippen LogP contribution in [0.4, 0.5) is 17.1 Å². The number of benzene rings is 2. The first kappa shape index (κ1) is 15.9. The molecule has 0 radical (unpaired) electrons. The summed E-state index contributed by atoms with van der Waals surface area (Å²) in [7, 11) is -3.47. The quantitative estimate of drug-likeness (QED) is 0.662. The van der Waals surface area contributed by atoms with Gasteiger partial charge in [0.2, 0.25) is 0 Å².